The topological polar surface area (TPSA) is 38.7 Å². The molecular weight excluding hydrogens is 408 g/mol. The highest BCUT2D eigenvalue weighted by molar-refractivity contribution is 9.13. The van der Waals surface area contributed by atoms with Crippen molar-refractivity contribution in [2.24, 2.45) is 0 Å². The highest BCUT2D eigenvalue weighted by Gasteiger charge is 2.15. The maximum absolute atomic E-state index is 10.3. The van der Waals surface area contributed by atoms with Crippen LogP contribution >= 0.6 is 43.2 Å². The van der Waals surface area contributed by atoms with Crippen LogP contribution in [0, 0.1) is 0 Å². The van der Waals surface area contributed by atoms with E-state index in [1.807, 2.05) is 24.3 Å². The molecule has 1 atom stereocenters. The molecule has 0 aliphatic rings. The quantitative estimate of drug-likeness (QED) is 0.768. The summed E-state index contributed by atoms with van der Waals surface area (Å²) in [6.07, 6.45) is -0.0135. The van der Waals surface area contributed by atoms with Crippen LogP contribution in [0.25, 0.3) is 0 Å². The molecule has 0 saturated carbocycles. The molecule has 0 aliphatic heterocycles. The molecule has 108 valence electrons. The van der Waals surface area contributed by atoms with E-state index in [4.69, 9.17) is 9.47 Å². The standard InChI is InChI=1S/C14H14Br2O3S/c1-18-11-4-3-8(6-12(11)19-2)5-10(17)13-7-9(15)14(16)20-13/h3-4,6-7,10,17H,5H2,1-2H3. The fraction of sp³-hybridized carbons (Fsp3) is 0.286. The molecule has 1 aromatic heterocycles. The van der Waals surface area contributed by atoms with Crippen molar-refractivity contribution in [3.8, 4) is 11.5 Å². The van der Waals surface area contributed by atoms with Crippen LogP contribution in [0.4, 0.5) is 0 Å². The molecule has 2 rings (SSSR count). The smallest absolute Gasteiger partial charge is 0.160 e. The number of ether oxygens (including phenoxy) is 2. The molecule has 0 radical (unpaired) electrons. The van der Waals surface area contributed by atoms with Gasteiger partial charge in [-0.1, -0.05) is 6.07 Å². The van der Waals surface area contributed by atoms with Crippen LogP contribution in [0.15, 0.2) is 32.5 Å². The molecule has 3 nitrogen and oxygen atoms in total. The largest absolute Gasteiger partial charge is 0.493 e. The minimum atomic E-state index is -0.541. The molecule has 0 amide bonds. The number of hydrogen-bond donors (Lipinski definition) is 1. The monoisotopic (exact) mass is 420 g/mol. The van der Waals surface area contributed by atoms with Gasteiger partial charge in [-0.2, -0.15) is 0 Å². The zero-order chi connectivity index (χ0) is 14.7. The Balaban J connectivity index is 2.17. The van der Waals surface area contributed by atoms with Crippen LogP contribution < -0.4 is 9.47 Å². The second-order valence-corrected chi connectivity index (χ2v) is 7.44. The van der Waals surface area contributed by atoms with Crippen molar-refractivity contribution in [2.75, 3.05) is 14.2 Å². The lowest BCUT2D eigenvalue weighted by Crippen LogP contribution is -2.00. The number of thiophene rings is 1. The average molecular weight is 422 g/mol. The van der Waals surface area contributed by atoms with Crippen LogP contribution in [0.5, 0.6) is 11.5 Å². The molecule has 0 bridgehead atoms. The molecule has 20 heavy (non-hydrogen) atoms. The molecule has 6 heteroatoms. The van der Waals surface area contributed by atoms with E-state index in [1.54, 1.807) is 14.2 Å². The third-order valence-electron chi connectivity index (χ3n) is 2.87. The lowest BCUT2D eigenvalue weighted by atomic mass is 10.1. The van der Waals surface area contributed by atoms with Gasteiger partial charge >= 0.3 is 0 Å². The van der Waals surface area contributed by atoms with Gasteiger partial charge in [-0.3, -0.25) is 0 Å². The molecule has 0 saturated heterocycles. The van der Waals surface area contributed by atoms with Gasteiger partial charge in [0.25, 0.3) is 0 Å². The van der Waals surface area contributed by atoms with Gasteiger partial charge in [0.1, 0.15) is 0 Å². The third-order valence-corrected chi connectivity index (χ3v) is 6.23. The highest BCUT2D eigenvalue weighted by Crippen LogP contribution is 2.37. The maximum Gasteiger partial charge on any atom is 0.160 e. The van der Waals surface area contributed by atoms with Crippen LogP contribution in [0.3, 0.4) is 0 Å². The lowest BCUT2D eigenvalue weighted by Gasteiger charge is -2.12. The summed E-state index contributed by atoms with van der Waals surface area (Å²) in [7, 11) is 3.21. The molecule has 0 fully saturated rings. The summed E-state index contributed by atoms with van der Waals surface area (Å²) in [6.45, 7) is 0. The normalized spacial score (nSPS) is 12.2. The van der Waals surface area contributed by atoms with Crippen molar-refractivity contribution < 1.29 is 14.6 Å². The summed E-state index contributed by atoms with van der Waals surface area (Å²) in [5.74, 6) is 1.36. The van der Waals surface area contributed by atoms with Crippen LogP contribution in [-0.4, -0.2) is 19.3 Å². The number of halogens is 2. The van der Waals surface area contributed by atoms with Gasteiger partial charge in [-0.25, -0.2) is 0 Å². The minimum Gasteiger partial charge on any atom is -0.493 e. The van der Waals surface area contributed by atoms with Crippen molar-refractivity contribution >= 4 is 43.2 Å². The first-order chi connectivity index (χ1) is 9.55. The molecule has 0 aliphatic carbocycles. The summed E-state index contributed by atoms with van der Waals surface area (Å²) < 4.78 is 12.4. The first kappa shape index (κ1) is 15.8. The SMILES string of the molecule is COc1ccc(CC(O)c2cc(Br)c(Br)s2)cc1OC. The van der Waals surface area contributed by atoms with Gasteiger partial charge < -0.3 is 14.6 Å². The predicted molar refractivity (Wildman–Crippen MR) is 87.9 cm³/mol. The summed E-state index contributed by atoms with van der Waals surface area (Å²) in [5.41, 5.74) is 0.996. The Kier molecular flexibility index (Phi) is 5.49. The van der Waals surface area contributed by atoms with Gasteiger partial charge in [0.05, 0.1) is 24.1 Å². The molecular formula is C14H14Br2O3S. The van der Waals surface area contributed by atoms with E-state index < -0.39 is 6.10 Å². The Labute approximate surface area is 138 Å². The number of hydrogen-bond acceptors (Lipinski definition) is 4. The number of methoxy groups -OCH3 is 2. The van der Waals surface area contributed by atoms with Crippen molar-refractivity contribution in [3.05, 3.63) is 43.0 Å². The fourth-order valence-electron chi connectivity index (χ4n) is 1.86. The molecule has 1 aromatic carbocycles. The molecule has 0 spiro atoms. The van der Waals surface area contributed by atoms with Crippen molar-refractivity contribution in [3.63, 3.8) is 0 Å². The van der Waals surface area contributed by atoms with E-state index >= 15 is 0 Å². The molecule has 1 heterocycles. The summed E-state index contributed by atoms with van der Waals surface area (Å²) >= 11 is 8.39. The zero-order valence-corrected chi connectivity index (χ0v) is 15.0. The third kappa shape index (κ3) is 3.55. The van der Waals surface area contributed by atoms with E-state index in [0.29, 0.717) is 17.9 Å². The van der Waals surface area contributed by atoms with Gasteiger partial charge in [0, 0.05) is 15.8 Å². The average Bonchev–Trinajstić information content (AvgIpc) is 2.78. The van der Waals surface area contributed by atoms with Gasteiger partial charge in [-0.15, -0.1) is 11.3 Å². The molecule has 2 aromatic rings. The second-order valence-electron chi connectivity index (χ2n) is 4.18. The van der Waals surface area contributed by atoms with Gasteiger partial charge in [-0.05, 0) is 55.6 Å². The van der Waals surface area contributed by atoms with Crippen molar-refractivity contribution in [2.45, 2.75) is 12.5 Å². The Morgan fingerprint density at radius 1 is 1.15 bits per heavy atom. The van der Waals surface area contributed by atoms with E-state index in [-0.39, 0.29) is 0 Å². The Hall–Kier alpha value is -0.560. The fourth-order valence-corrected chi connectivity index (χ4v) is 3.93. The summed E-state index contributed by atoms with van der Waals surface area (Å²) in [6, 6.07) is 7.60. The zero-order valence-electron chi connectivity index (χ0n) is 11.0. The van der Waals surface area contributed by atoms with Gasteiger partial charge in [0.2, 0.25) is 0 Å². The van der Waals surface area contributed by atoms with Crippen LogP contribution in [-0.2, 0) is 6.42 Å². The lowest BCUT2D eigenvalue weighted by molar-refractivity contribution is 0.182. The predicted octanol–water partition coefficient (Wildman–Crippen LogP) is 4.57. The van der Waals surface area contributed by atoms with Gasteiger partial charge in [0.15, 0.2) is 11.5 Å². The number of benzene rings is 1. The van der Waals surface area contributed by atoms with Crippen molar-refractivity contribution in [1.82, 2.24) is 0 Å². The Bertz CT molecular complexity index is 579. The summed E-state index contributed by atoms with van der Waals surface area (Å²) in [4.78, 5) is 0.915. The number of aliphatic hydroxyl groups is 1. The second kappa shape index (κ2) is 6.93. The first-order valence-corrected chi connectivity index (χ1v) is 8.29. The van der Waals surface area contributed by atoms with E-state index in [9.17, 15) is 5.11 Å². The number of aliphatic hydroxyl groups excluding tert-OH is 1. The maximum atomic E-state index is 10.3. The Morgan fingerprint density at radius 2 is 1.85 bits per heavy atom. The van der Waals surface area contributed by atoms with E-state index in [1.165, 1.54) is 11.3 Å². The van der Waals surface area contributed by atoms with Crippen molar-refractivity contribution in [1.29, 1.82) is 0 Å². The highest BCUT2D eigenvalue weighted by atomic mass is 79.9. The first-order valence-electron chi connectivity index (χ1n) is 5.89. The molecule has 1 unspecified atom stereocenters. The van der Waals surface area contributed by atoms with E-state index in [0.717, 1.165) is 18.7 Å². The van der Waals surface area contributed by atoms with Crippen LogP contribution in [0.1, 0.15) is 16.5 Å². The number of rotatable bonds is 5. The van der Waals surface area contributed by atoms with E-state index in [2.05, 4.69) is 31.9 Å². The summed E-state index contributed by atoms with van der Waals surface area (Å²) in [5, 5.41) is 10.3. The molecule has 1 N–H and O–H groups in total. The Morgan fingerprint density at radius 3 is 2.40 bits per heavy atom. The minimum absolute atomic E-state index is 0.528. The van der Waals surface area contributed by atoms with Crippen LogP contribution in [0.2, 0.25) is 0 Å².